The van der Waals surface area contributed by atoms with Crippen LogP contribution in [0.15, 0.2) is 54.6 Å². The zero-order valence-electron chi connectivity index (χ0n) is 17.2. The van der Waals surface area contributed by atoms with Crippen molar-refractivity contribution < 1.29 is 14.0 Å². The van der Waals surface area contributed by atoms with Crippen LogP contribution in [0.25, 0.3) is 0 Å². The quantitative estimate of drug-likeness (QED) is 0.591. The summed E-state index contributed by atoms with van der Waals surface area (Å²) in [6.45, 7) is 0.628. The standard InChI is InChI=1S/C23H29FN4O2/c1-28(23(30)16-25-22(29)13-17-7-3-2-4-8-17)12-6-11-20-15-21(27-26-20)18-9-5-10-19(24)14-18/h2-5,7-10,14,20-21,26-27H,6,11-13,15-16H2,1H3,(H,25,29). The van der Waals surface area contributed by atoms with Gasteiger partial charge in [0.1, 0.15) is 5.82 Å². The highest BCUT2D eigenvalue weighted by Gasteiger charge is 2.25. The highest BCUT2D eigenvalue weighted by molar-refractivity contribution is 5.85. The van der Waals surface area contributed by atoms with Gasteiger partial charge < -0.3 is 10.2 Å². The van der Waals surface area contributed by atoms with Crippen LogP contribution < -0.4 is 16.2 Å². The third-order valence-corrected chi connectivity index (χ3v) is 5.35. The predicted molar refractivity (Wildman–Crippen MR) is 114 cm³/mol. The molecular weight excluding hydrogens is 383 g/mol. The maximum atomic E-state index is 13.4. The Bertz CT molecular complexity index is 846. The molecule has 0 spiro atoms. The number of likely N-dealkylation sites (N-methyl/N-ethyl adjacent to an activating group) is 1. The van der Waals surface area contributed by atoms with Gasteiger partial charge in [-0.2, -0.15) is 0 Å². The first-order chi connectivity index (χ1) is 14.5. The molecule has 0 radical (unpaired) electrons. The fourth-order valence-corrected chi connectivity index (χ4v) is 3.61. The molecule has 6 nitrogen and oxygen atoms in total. The van der Waals surface area contributed by atoms with Gasteiger partial charge in [-0.25, -0.2) is 4.39 Å². The molecule has 0 aromatic heterocycles. The molecule has 160 valence electrons. The molecule has 2 amide bonds. The Labute approximate surface area is 176 Å². The first-order valence-electron chi connectivity index (χ1n) is 10.3. The minimum absolute atomic E-state index is 0.00699. The van der Waals surface area contributed by atoms with Crippen molar-refractivity contribution >= 4 is 11.8 Å². The van der Waals surface area contributed by atoms with E-state index in [0.717, 1.165) is 30.4 Å². The lowest BCUT2D eigenvalue weighted by molar-refractivity contribution is -0.131. The summed E-state index contributed by atoms with van der Waals surface area (Å²) in [6, 6.07) is 16.4. The first-order valence-corrected chi connectivity index (χ1v) is 10.3. The second kappa shape index (κ2) is 10.8. The smallest absolute Gasteiger partial charge is 0.241 e. The van der Waals surface area contributed by atoms with Crippen LogP contribution in [0.5, 0.6) is 0 Å². The van der Waals surface area contributed by atoms with Crippen LogP contribution in [0.1, 0.15) is 36.4 Å². The van der Waals surface area contributed by atoms with Gasteiger partial charge >= 0.3 is 0 Å². The Balaban J connectivity index is 1.32. The summed E-state index contributed by atoms with van der Waals surface area (Å²) < 4.78 is 13.4. The molecule has 2 unspecified atom stereocenters. The number of halogens is 1. The Kier molecular flexibility index (Phi) is 7.93. The summed E-state index contributed by atoms with van der Waals surface area (Å²) in [5.41, 5.74) is 8.33. The first kappa shape index (κ1) is 21.9. The van der Waals surface area contributed by atoms with E-state index in [1.165, 1.54) is 6.07 Å². The molecule has 0 aliphatic carbocycles. The Morgan fingerprint density at radius 2 is 1.93 bits per heavy atom. The van der Waals surface area contributed by atoms with Crippen molar-refractivity contribution in [2.75, 3.05) is 20.1 Å². The van der Waals surface area contributed by atoms with Gasteiger partial charge in [-0.3, -0.25) is 20.4 Å². The monoisotopic (exact) mass is 412 g/mol. The van der Waals surface area contributed by atoms with E-state index in [9.17, 15) is 14.0 Å². The Morgan fingerprint density at radius 3 is 2.70 bits per heavy atom. The normalized spacial score (nSPS) is 18.2. The van der Waals surface area contributed by atoms with Crippen molar-refractivity contribution in [3.05, 3.63) is 71.5 Å². The summed E-state index contributed by atoms with van der Waals surface area (Å²) in [4.78, 5) is 25.9. The molecule has 2 aromatic rings. The number of benzene rings is 2. The zero-order valence-corrected chi connectivity index (χ0v) is 17.2. The number of carbonyl (C=O) groups excluding carboxylic acids is 2. The Morgan fingerprint density at radius 1 is 1.13 bits per heavy atom. The third-order valence-electron chi connectivity index (χ3n) is 5.35. The van der Waals surface area contributed by atoms with E-state index in [0.29, 0.717) is 6.54 Å². The van der Waals surface area contributed by atoms with Gasteiger partial charge in [0.15, 0.2) is 0 Å². The maximum Gasteiger partial charge on any atom is 0.241 e. The molecule has 1 heterocycles. The number of rotatable bonds is 9. The molecule has 2 aromatic carbocycles. The molecular formula is C23H29FN4O2. The van der Waals surface area contributed by atoms with Gasteiger partial charge in [0.2, 0.25) is 11.8 Å². The molecule has 0 saturated carbocycles. The van der Waals surface area contributed by atoms with E-state index < -0.39 is 0 Å². The van der Waals surface area contributed by atoms with Crippen molar-refractivity contribution in [1.82, 2.24) is 21.1 Å². The van der Waals surface area contributed by atoms with Gasteiger partial charge in [-0.15, -0.1) is 0 Å². The number of nitrogens with one attached hydrogen (secondary N) is 3. The second-order valence-electron chi connectivity index (χ2n) is 7.73. The van der Waals surface area contributed by atoms with Crippen molar-refractivity contribution in [2.24, 2.45) is 0 Å². The van der Waals surface area contributed by atoms with E-state index in [4.69, 9.17) is 0 Å². The lowest BCUT2D eigenvalue weighted by Crippen LogP contribution is -2.39. The SMILES string of the molecule is CN(CCCC1CC(c2cccc(F)c2)NN1)C(=O)CNC(=O)Cc1ccccc1. The lowest BCUT2D eigenvalue weighted by Gasteiger charge is -2.18. The van der Waals surface area contributed by atoms with E-state index >= 15 is 0 Å². The largest absolute Gasteiger partial charge is 0.347 e. The number of amides is 2. The van der Waals surface area contributed by atoms with Crippen LogP contribution in [-0.2, 0) is 16.0 Å². The van der Waals surface area contributed by atoms with Crippen LogP contribution in [0, 0.1) is 5.82 Å². The second-order valence-corrected chi connectivity index (χ2v) is 7.73. The number of hydrazine groups is 1. The number of carbonyl (C=O) groups is 2. The molecule has 1 fully saturated rings. The summed E-state index contributed by atoms with van der Waals surface area (Å²) >= 11 is 0. The number of nitrogens with zero attached hydrogens (tertiary/aromatic N) is 1. The van der Waals surface area contributed by atoms with E-state index in [2.05, 4.69) is 16.2 Å². The zero-order chi connectivity index (χ0) is 21.3. The third kappa shape index (κ3) is 6.64. The minimum Gasteiger partial charge on any atom is -0.347 e. The molecule has 1 saturated heterocycles. The maximum absolute atomic E-state index is 13.4. The molecule has 1 aliphatic heterocycles. The number of hydrogen-bond donors (Lipinski definition) is 3. The van der Waals surface area contributed by atoms with Crippen molar-refractivity contribution in [3.63, 3.8) is 0 Å². The minimum atomic E-state index is -0.228. The van der Waals surface area contributed by atoms with Gasteiger partial charge in [0.05, 0.1) is 13.0 Å². The van der Waals surface area contributed by atoms with Gasteiger partial charge in [-0.1, -0.05) is 42.5 Å². The van der Waals surface area contributed by atoms with Gasteiger partial charge in [-0.05, 0) is 42.5 Å². The fraction of sp³-hybridized carbons (Fsp3) is 0.391. The average Bonchev–Trinajstić information content (AvgIpc) is 3.21. The highest BCUT2D eigenvalue weighted by atomic mass is 19.1. The van der Waals surface area contributed by atoms with Gasteiger partial charge in [0.25, 0.3) is 0 Å². The molecule has 1 aliphatic rings. The van der Waals surface area contributed by atoms with Crippen LogP contribution in [0.2, 0.25) is 0 Å². The molecule has 7 heteroatoms. The summed E-state index contributed by atoms with van der Waals surface area (Å²) in [5, 5.41) is 2.69. The molecule has 30 heavy (non-hydrogen) atoms. The Hall–Kier alpha value is -2.77. The predicted octanol–water partition coefficient (Wildman–Crippen LogP) is 2.33. The van der Waals surface area contributed by atoms with Crippen molar-refractivity contribution in [2.45, 2.75) is 37.8 Å². The molecule has 3 N–H and O–H groups in total. The van der Waals surface area contributed by atoms with Crippen LogP contribution >= 0.6 is 0 Å². The van der Waals surface area contributed by atoms with Crippen LogP contribution in [0.4, 0.5) is 4.39 Å². The summed E-state index contributed by atoms with van der Waals surface area (Å²) in [7, 11) is 1.75. The van der Waals surface area contributed by atoms with E-state index in [-0.39, 0.29) is 42.7 Å². The van der Waals surface area contributed by atoms with Gasteiger partial charge in [0, 0.05) is 25.7 Å². The van der Waals surface area contributed by atoms with E-state index in [1.54, 1.807) is 24.1 Å². The lowest BCUT2D eigenvalue weighted by atomic mass is 9.99. The summed E-state index contributed by atoms with van der Waals surface area (Å²) in [5.74, 6) is -0.493. The molecule has 3 rings (SSSR count). The molecule has 2 atom stereocenters. The number of hydrogen-bond acceptors (Lipinski definition) is 4. The summed E-state index contributed by atoms with van der Waals surface area (Å²) in [6.07, 6.45) is 2.88. The topological polar surface area (TPSA) is 73.5 Å². The highest BCUT2D eigenvalue weighted by Crippen LogP contribution is 2.24. The fourth-order valence-electron chi connectivity index (χ4n) is 3.61. The van der Waals surface area contributed by atoms with Crippen molar-refractivity contribution in [3.8, 4) is 0 Å². The molecule has 0 bridgehead atoms. The average molecular weight is 413 g/mol. The van der Waals surface area contributed by atoms with Crippen molar-refractivity contribution in [1.29, 1.82) is 0 Å². The van der Waals surface area contributed by atoms with E-state index in [1.807, 2.05) is 36.4 Å². The van der Waals surface area contributed by atoms with Crippen LogP contribution in [0.3, 0.4) is 0 Å². The van der Waals surface area contributed by atoms with Crippen LogP contribution in [-0.4, -0.2) is 42.9 Å².